The Hall–Kier alpha value is -2.53. The quantitative estimate of drug-likeness (QED) is 0.518. The second-order valence-electron chi connectivity index (χ2n) is 4.07. The van der Waals surface area contributed by atoms with Gasteiger partial charge in [-0.1, -0.05) is 5.11 Å². The maximum absolute atomic E-state index is 11.0. The van der Waals surface area contributed by atoms with Crippen LogP contribution >= 0.6 is 0 Å². The molecule has 2 heterocycles. The lowest BCUT2D eigenvalue weighted by molar-refractivity contribution is -0.114. The number of anilines is 1. The Morgan fingerprint density at radius 3 is 3.05 bits per heavy atom. The number of amides is 1. The molecular formula is C12H13N5O2. The Balaban J connectivity index is 2.40. The van der Waals surface area contributed by atoms with E-state index in [2.05, 4.69) is 20.3 Å². The predicted molar refractivity (Wildman–Crippen MR) is 70.8 cm³/mol. The standard InChI is InChI=1S/C12H13N5O2/c1-7-9(5-6-14-17-13)12-10(19-7)3-4-11(16-12)15-8(2)18/h3-4H,5-6H2,1-2H3,(H,15,16,18). The maximum Gasteiger partial charge on any atom is 0.222 e. The maximum atomic E-state index is 11.0. The summed E-state index contributed by atoms with van der Waals surface area (Å²) in [5, 5.41) is 6.13. The highest BCUT2D eigenvalue weighted by Crippen LogP contribution is 2.25. The van der Waals surface area contributed by atoms with E-state index in [1.165, 1.54) is 6.92 Å². The average molecular weight is 259 g/mol. The Labute approximate surface area is 109 Å². The Morgan fingerprint density at radius 2 is 2.37 bits per heavy atom. The lowest BCUT2D eigenvalue weighted by atomic mass is 10.1. The number of nitrogens with one attached hydrogen (secondary N) is 1. The van der Waals surface area contributed by atoms with Crippen molar-refractivity contribution >= 4 is 22.8 Å². The summed E-state index contributed by atoms with van der Waals surface area (Å²) in [6.45, 7) is 3.61. The number of carbonyl (C=O) groups is 1. The summed E-state index contributed by atoms with van der Waals surface area (Å²) in [6, 6.07) is 3.45. The molecule has 0 unspecified atom stereocenters. The molecule has 0 aliphatic rings. The Morgan fingerprint density at radius 1 is 1.58 bits per heavy atom. The summed E-state index contributed by atoms with van der Waals surface area (Å²) in [5.74, 6) is 1.05. The lowest BCUT2D eigenvalue weighted by Crippen LogP contribution is -2.07. The summed E-state index contributed by atoms with van der Waals surface area (Å²) in [6.07, 6.45) is 0.555. The molecular weight excluding hydrogens is 246 g/mol. The van der Waals surface area contributed by atoms with Gasteiger partial charge >= 0.3 is 0 Å². The van der Waals surface area contributed by atoms with E-state index in [1.807, 2.05) is 6.92 Å². The number of hydrogen-bond donors (Lipinski definition) is 1. The third kappa shape index (κ3) is 2.83. The van der Waals surface area contributed by atoms with Crippen LogP contribution in [0.15, 0.2) is 21.7 Å². The fraction of sp³-hybridized carbons (Fsp3) is 0.333. The van der Waals surface area contributed by atoms with Crippen LogP contribution < -0.4 is 5.32 Å². The molecule has 0 radical (unpaired) electrons. The second-order valence-corrected chi connectivity index (χ2v) is 4.07. The van der Waals surface area contributed by atoms with Gasteiger partial charge in [0.2, 0.25) is 5.91 Å². The highest BCUT2D eigenvalue weighted by Gasteiger charge is 2.12. The number of aromatic nitrogens is 1. The van der Waals surface area contributed by atoms with E-state index < -0.39 is 0 Å². The van der Waals surface area contributed by atoms with Gasteiger partial charge < -0.3 is 9.73 Å². The van der Waals surface area contributed by atoms with Crippen molar-refractivity contribution in [3.63, 3.8) is 0 Å². The number of hydrogen-bond acceptors (Lipinski definition) is 4. The van der Waals surface area contributed by atoms with Crippen molar-refractivity contribution in [3.05, 3.63) is 33.9 Å². The van der Waals surface area contributed by atoms with Gasteiger partial charge in [-0.15, -0.1) is 0 Å². The van der Waals surface area contributed by atoms with Crippen LogP contribution in [-0.2, 0) is 11.2 Å². The van der Waals surface area contributed by atoms with Crippen molar-refractivity contribution in [1.82, 2.24) is 4.98 Å². The molecule has 7 nitrogen and oxygen atoms in total. The number of rotatable bonds is 4. The third-order valence-corrected chi connectivity index (χ3v) is 2.66. The molecule has 2 rings (SSSR count). The van der Waals surface area contributed by atoms with Gasteiger partial charge in [0, 0.05) is 23.9 Å². The summed E-state index contributed by atoms with van der Waals surface area (Å²) >= 11 is 0. The minimum absolute atomic E-state index is 0.178. The summed E-state index contributed by atoms with van der Waals surface area (Å²) in [4.78, 5) is 18.1. The van der Waals surface area contributed by atoms with Gasteiger partial charge in [0.15, 0.2) is 5.58 Å². The number of carbonyl (C=O) groups excluding carboxylic acids is 1. The number of aryl methyl sites for hydroxylation is 1. The topological polar surface area (TPSA) is 104 Å². The van der Waals surface area contributed by atoms with Gasteiger partial charge in [-0.25, -0.2) is 4.98 Å². The van der Waals surface area contributed by atoms with E-state index in [1.54, 1.807) is 12.1 Å². The zero-order valence-electron chi connectivity index (χ0n) is 10.7. The van der Waals surface area contributed by atoms with Gasteiger partial charge in [0.1, 0.15) is 17.1 Å². The first-order valence-corrected chi connectivity index (χ1v) is 5.79. The number of nitrogens with zero attached hydrogens (tertiary/aromatic N) is 4. The average Bonchev–Trinajstić information content (AvgIpc) is 2.65. The van der Waals surface area contributed by atoms with E-state index in [9.17, 15) is 4.79 Å². The molecule has 0 aromatic carbocycles. The predicted octanol–water partition coefficient (Wildman–Crippen LogP) is 2.95. The zero-order chi connectivity index (χ0) is 13.8. The highest BCUT2D eigenvalue weighted by atomic mass is 16.3. The van der Waals surface area contributed by atoms with Crippen LogP contribution in [0, 0.1) is 6.92 Å². The minimum atomic E-state index is -0.178. The first-order valence-electron chi connectivity index (χ1n) is 5.79. The molecule has 2 aromatic rings. The van der Waals surface area contributed by atoms with Crippen molar-refractivity contribution in [2.45, 2.75) is 20.3 Å². The first kappa shape index (κ1) is 12.9. The van der Waals surface area contributed by atoms with Gasteiger partial charge in [-0.05, 0) is 31.0 Å². The summed E-state index contributed by atoms with van der Waals surface area (Å²) in [7, 11) is 0. The normalized spacial score (nSPS) is 10.2. The monoisotopic (exact) mass is 259 g/mol. The van der Waals surface area contributed by atoms with Crippen molar-refractivity contribution in [2.75, 3.05) is 11.9 Å². The van der Waals surface area contributed by atoms with Crippen LogP contribution in [0.5, 0.6) is 0 Å². The van der Waals surface area contributed by atoms with Crippen LogP contribution in [0.2, 0.25) is 0 Å². The van der Waals surface area contributed by atoms with Crippen molar-refractivity contribution in [2.24, 2.45) is 5.11 Å². The molecule has 0 fully saturated rings. The number of fused-ring (bicyclic) bond motifs is 1. The second kappa shape index (κ2) is 5.41. The van der Waals surface area contributed by atoms with E-state index >= 15 is 0 Å². The number of azide groups is 1. The van der Waals surface area contributed by atoms with Crippen molar-refractivity contribution in [1.29, 1.82) is 0 Å². The molecule has 1 amide bonds. The minimum Gasteiger partial charge on any atom is -0.459 e. The van der Waals surface area contributed by atoms with Gasteiger partial charge in [0.25, 0.3) is 0 Å². The Kier molecular flexibility index (Phi) is 3.68. The molecule has 1 N–H and O–H groups in total. The molecule has 19 heavy (non-hydrogen) atoms. The van der Waals surface area contributed by atoms with Crippen LogP contribution in [0.3, 0.4) is 0 Å². The van der Waals surface area contributed by atoms with Gasteiger partial charge in [-0.3, -0.25) is 4.79 Å². The largest absolute Gasteiger partial charge is 0.459 e. The van der Waals surface area contributed by atoms with Crippen LogP contribution in [0.25, 0.3) is 21.5 Å². The molecule has 0 bridgehead atoms. The number of furan rings is 1. The smallest absolute Gasteiger partial charge is 0.222 e. The SMILES string of the molecule is CC(=O)Nc1ccc2oc(C)c(CCN=[N+]=[N-])c2n1. The molecule has 98 valence electrons. The fourth-order valence-electron chi connectivity index (χ4n) is 1.89. The van der Waals surface area contributed by atoms with E-state index in [0.29, 0.717) is 29.9 Å². The zero-order valence-corrected chi connectivity index (χ0v) is 10.7. The molecule has 0 aliphatic carbocycles. The van der Waals surface area contributed by atoms with E-state index in [0.717, 1.165) is 11.3 Å². The lowest BCUT2D eigenvalue weighted by Gasteiger charge is -2.01. The van der Waals surface area contributed by atoms with Crippen LogP contribution in [0.1, 0.15) is 18.2 Å². The molecule has 0 saturated heterocycles. The molecule has 7 heteroatoms. The number of pyridine rings is 1. The van der Waals surface area contributed by atoms with Crippen molar-refractivity contribution in [3.8, 4) is 0 Å². The first-order chi connectivity index (χ1) is 9.11. The molecule has 0 atom stereocenters. The summed E-state index contributed by atoms with van der Waals surface area (Å²) < 4.78 is 5.58. The molecule has 0 spiro atoms. The highest BCUT2D eigenvalue weighted by molar-refractivity contribution is 5.89. The third-order valence-electron chi connectivity index (χ3n) is 2.66. The fourth-order valence-corrected chi connectivity index (χ4v) is 1.89. The van der Waals surface area contributed by atoms with E-state index in [-0.39, 0.29) is 5.91 Å². The van der Waals surface area contributed by atoms with E-state index in [4.69, 9.17) is 9.95 Å². The van der Waals surface area contributed by atoms with Gasteiger partial charge in [0.05, 0.1) is 0 Å². The van der Waals surface area contributed by atoms with Crippen LogP contribution in [0.4, 0.5) is 5.82 Å². The van der Waals surface area contributed by atoms with Crippen molar-refractivity contribution < 1.29 is 9.21 Å². The van der Waals surface area contributed by atoms with Crippen LogP contribution in [-0.4, -0.2) is 17.4 Å². The molecule has 0 aliphatic heterocycles. The van der Waals surface area contributed by atoms with Gasteiger partial charge in [-0.2, -0.15) is 0 Å². The summed E-state index contributed by atoms with van der Waals surface area (Å²) in [5.41, 5.74) is 10.5. The molecule has 2 aromatic heterocycles. The molecule has 0 saturated carbocycles. The Bertz CT molecular complexity index is 670.